The number of aromatic nitrogens is 3. The van der Waals surface area contributed by atoms with Crippen molar-refractivity contribution < 1.29 is 14.3 Å². The van der Waals surface area contributed by atoms with Gasteiger partial charge in [0, 0.05) is 30.5 Å². The molecule has 1 amide bonds. The number of imidazole rings is 1. The second-order valence-corrected chi connectivity index (χ2v) is 7.88. The number of carbonyl (C=O) groups excluding carboxylic acids is 1. The summed E-state index contributed by atoms with van der Waals surface area (Å²) in [4.78, 5) is 30.2. The van der Waals surface area contributed by atoms with Gasteiger partial charge in [0.1, 0.15) is 17.2 Å². The van der Waals surface area contributed by atoms with Crippen LogP contribution in [0, 0.1) is 13.8 Å². The van der Waals surface area contributed by atoms with Crippen LogP contribution in [0.2, 0.25) is 0 Å². The van der Waals surface area contributed by atoms with Gasteiger partial charge in [-0.05, 0) is 45.6 Å². The molecule has 2 N–H and O–H groups in total. The number of nitrogens with one attached hydrogen (secondary N) is 1. The maximum atomic E-state index is 13.1. The first-order valence-electron chi connectivity index (χ1n) is 10.2. The largest absolute Gasteiger partial charge is 0.466 e. The molecule has 4 rings (SSSR count). The Hall–Kier alpha value is -3.13. The van der Waals surface area contributed by atoms with Crippen molar-refractivity contribution in [1.29, 1.82) is 0 Å². The SMILES string of the molecule is C=CCn1c(-c2cc(C)oc2C)cn2cc(C(=O)NC3CCC(O)CC3)nc2c1=O. The van der Waals surface area contributed by atoms with Gasteiger partial charge in [-0.25, -0.2) is 4.98 Å². The van der Waals surface area contributed by atoms with Crippen LogP contribution in [0.15, 0.2) is 40.3 Å². The molecule has 1 saturated carbocycles. The first-order valence-corrected chi connectivity index (χ1v) is 10.2. The molecular formula is C22H26N4O4. The number of amides is 1. The monoisotopic (exact) mass is 410 g/mol. The Labute approximate surface area is 173 Å². The normalized spacial score (nSPS) is 19.2. The van der Waals surface area contributed by atoms with E-state index in [9.17, 15) is 14.7 Å². The van der Waals surface area contributed by atoms with E-state index in [1.54, 1.807) is 27.4 Å². The van der Waals surface area contributed by atoms with E-state index in [1.165, 1.54) is 0 Å². The lowest BCUT2D eigenvalue weighted by atomic mass is 9.93. The zero-order valence-corrected chi connectivity index (χ0v) is 17.2. The fraction of sp³-hybridized carbons (Fsp3) is 0.409. The molecule has 1 aliphatic carbocycles. The number of aliphatic hydroxyl groups is 1. The smallest absolute Gasteiger partial charge is 0.295 e. The molecule has 0 radical (unpaired) electrons. The third-order valence-electron chi connectivity index (χ3n) is 5.61. The van der Waals surface area contributed by atoms with Gasteiger partial charge in [-0.2, -0.15) is 0 Å². The van der Waals surface area contributed by atoms with Gasteiger partial charge < -0.3 is 14.8 Å². The number of aryl methyl sites for hydroxylation is 2. The van der Waals surface area contributed by atoms with Crippen molar-refractivity contribution in [2.75, 3.05) is 0 Å². The van der Waals surface area contributed by atoms with Gasteiger partial charge in [0.05, 0.1) is 11.8 Å². The molecule has 3 aromatic heterocycles. The van der Waals surface area contributed by atoms with E-state index in [2.05, 4.69) is 16.9 Å². The van der Waals surface area contributed by atoms with Crippen LogP contribution in [-0.4, -0.2) is 37.1 Å². The molecule has 0 spiro atoms. The predicted molar refractivity (Wildman–Crippen MR) is 113 cm³/mol. The van der Waals surface area contributed by atoms with Crippen LogP contribution in [0.1, 0.15) is 47.7 Å². The summed E-state index contributed by atoms with van der Waals surface area (Å²) < 4.78 is 8.82. The van der Waals surface area contributed by atoms with Gasteiger partial charge in [-0.3, -0.25) is 18.6 Å². The van der Waals surface area contributed by atoms with Crippen LogP contribution in [0.5, 0.6) is 0 Å². The number of rotatable bonds is 5. The lowest BCUT2D eigenvalue weighted by molar-refractivity contribution is 0.0863. The maximum Gasteiger partial charge on any atom is 0.295 e. The summed E-state index contributed by atoms with van der Waals surface area (Å²) in [5.74, 6) is 1.15. The fourth-order valence-electron chi connectivity index (χ4n) is 4.08. The highest BCUT2D eigenvalue weighted by Crippen LogP contribution is 2.26. The third-order valence-corrected chi connectivity index (χ3v) is 5.61. The number of carbonyl (C=O) groups is 1. The average Bonchev–Trinajstić information content (AvgIpc) is 3.28. The molecule has 0 aliphatic heterocycles. The molecule has 1 fully saturated rings. The summed E-state index contributed by atoms with van der Waals surface area (Å²) in [6.45, 7) is 7.77. The third kappa shape index (κ3) is 3.70. The van der Waals surface area contributed by atoms with Crippen molar-refractivity contribution in [2.45, 2.75) is 58.2 Å². The van der Waals surface area contributed by atoms with Gasteiger partial charge >= 0.3 is 0 Å². The van der Waals surface area contributed by atoms with Crippen LogP contribution < -0.4 is 10.9 Å². The topological polar surface area (TPSA) is 102 Å². The molecule has 0 saturated heterocycles. The van der Waals surface area contributed by atoms with Gasteiger partial charge in [0.25, 0.3) is 11.5 Å². The Morgan fingerprint density at radius 1 is 1.33 bits per heavy atom. The number of hydrogen-bond acceptors (Lipinski definition) is 5. The van der Waals surface area contributed by atoms with E-state index >= 15 is 0 Å². The van der Waals surface area contributed by atoms with Gasteiger partial charge in [0.15, 0.2) is 0 Å². The average molecular weight is 410 g/mol. The number of fused-ring (bicyclic) bond motifs is 1. The Bertz CT molecular complexity index is 1160. The molecule has 0 unspecified atom stereocenters. The molecule has 30 heavy (non-hydrogen) atoms. The highest BCUT2D eigenvalue weighted by Gasteiger charge is 2.23. The minimum absolute atomic E-state index is 0.00949. The molecule has 8 heteroatoms. The molecule has 0 aromatic carbocycles. The van der Waals surface area contributed by atoms with Crippen molar-refractivity contribution in [3.63, 3.8) is 0 Å². The summed E-state index contributed by atoms with van der Waals surface area (Å²) in [7, 11) is 0. The van der Waals surface area contributed by atoms with Crippen molar-refractivity contribution >= 4 is 11.6 Å². The maximum absolute atomic E-state index is 13.1. The minimum Gasteiger partial charge on any atom is -0.466 e. The molecule has 1 aliphatic rings. The number of furan rings is 1. The summed E-state index contributed by atoms with van der Waals surface area (Å²) in [5.41, 5.74) is 1.56. The first kappa shape index (κ1) is 20.2. The van der Waals surface area contributed by atoms with Gasteiger partial charge in [-0.15, -0.1) is 6.58 Å². The molecule has 0 bridgehead atoms. The number of allylic oxidation sites excluding steroid dienone is 1. The summed E-state index contributed by atoms with van der Waals surface area (Å²) >= 11 is 0. The summed E-state index contributed by atoms with van der Waals surface area (Å²) in [6, 6.07) is 1.90. The van der Waals surface area contributed by atoms with Crippen molar-refractivity contribution in [1.82, 2.24) is 19.3 Å². The van der Waals surface area contributed by atoms with E-state index in [0.717, 1.165) is 24.2 Å². The Morgan fingerprint density at radius 3 is 2.70 bits per heavy atom. The molecule has 158 valence electrons. The van der Waals surface area contributed by atoms with E-state index in [0.29, 0.717) is 30.8 Å². The highest BCUT2D eigenvalue weighted by atomic mass is 16.3. The van der Waals surface area contributed by atoms with Gasteiger partial charge in [-0.1, -0.05) is 6.08 Å². The quantitative estimate of drug-likeness (QED) is 0.630. The summed E-state index contributed by atoms with van der Waals surface area (Å²) in [5, 5.41) is 12.6. The van der Waals surface area contributed by atoms with Crippen LogP contribution in [0.4, 0.5) is 0 Å². The number of aliphatic hydroxyl groups excluding tert-OH is 1. The number of nitrogens with zero attached hydrogens (tertiary/aromatic N) is 3. The zero-order chi connectivity index (χ0) is 21.4. The predicted octanol–water partition coefficient (Wildman–Crippen LogP) is 2.59. The fourth-order valence-corrected chi connectivity index (χ4v) is 4.08. The molecular weight excluding hydrogens is 384 g/mol. The van der Waals surface area contributed by atoms with E-state index in [1.807, 2.05) is 19.9 Å². The van der Waals surface area contributed by atoms with Crippen LogP contribution in [-0.2, 0) is 6.54 Å². The second kappa shape index (κ2) is 7.95. The van der Waals surface area contributed by atoms with E-state index < -0.39 is 0 Å². The first-order chi connectivity index (χ1) is 14.4. The Kier molecular flexibility index (Phi) is 5.34. The standard InChI is InChI=1S/C22H26N4O4/c1-4-9-26-19(17-10-13(2)30-14(17)3)12-25-11-18(24-20(25)22(26)29)21(28)23-15-5-7-16(27)8-6-15/h4,10-12,15-16,27H,1,5-9H2,2-3H3,(H,23,28). The zero-order valence-electron chi connectivity index (χ0n) is 17.2. The van der Waals surface area contributed by atoms with E-state index in [4.69, 9.17) is 4.42 Å². The van der Waals surface area contributed by atoms with Crippen molar-refractivity contribution in [2.24, 2.45) is 0 Å². The second-order valence-electron chi connectivity index (χ2n) is 7.88. The minimum atomic E-state index is -0.313. The lowest BCUT2D eigenvalue weighted by Gasteiger charge is -2.25. The Morgan fingerprint density at radius 2 is 2.07 bits per heavy atom. The van der Waals surface area contributed by atoms with Crippen molar-refractivity contribution in [3.8, 4) is 11.3 Å². The van der Waals surface area contributed by atoms with Crippen LogP contribution >= 0.6 is 0 Å². The highest BCUT2D eigenvalue weighted by molar-refractivity contribution is 5.93. The summed E-state index contributed by atoms with van der Waals surface area (Å²) in [6.07, 6.45) is 7.55. The molecule has 3 aromatic rings. The Balaban J connectivity index is 1.72. The van der Waals surface area contributed by atoms with Crippen LogP contribution in [0.25, 0.3) is 16.9 Å². The van der Waals surface area contributed by atoms with E-state index in [-0.39, 0.29) is 35.0 Å². The lowest BCUT2D eigenvalue weighted by Crippen LogP contribution is -2.38. The molecule has 8 nitrogen and oxygen atoms in total. The van der Waals surface area contributed by atoms with Crippen molar-refractivity contribution in [3.05, 3.63) is 58.7 Å². The molecule has 0 atom stereocenters. The molecule has 3 heterocycles. The number of hydrogen-bond donors (Lipinski definition) is 2. The van der Waals surface area contributed by atoms with Crippen LogP contribution in [0.3, 0.4) is 0 Å². The van der Waals surface area contributed by atoms with Gasteiger partial charge in [0.2, 0.25) is 5.65 Å².